The van der Waals surface area contributed by atoms with E-state index in [2.05, 4.69) is 13.8 Å². The molecule has 88 valence electrons. The predicted octanol–water partition coefficient (Wildman–Crippen LogP) is 3.89. The van der Waals surface area contributed by atoms with Gasteiger partial charge in [-0.2, -0.15) is 0 Å². The Morgan fingerprint density at radius 2 is 1.59 bits per heavy atom. The van der Waals surface area contributed by atoms with E-state index in [1.54, 1.807) is 24.3 Å². The van der Waals surface area contributed by atoms with Crippen LogP contribution in [-0.2, 0) is 0 Å². The standard InChI is InChI=1S/C15H16O2/c1-10(2)12-8-7-11(16)9-14(12)13-5-3-4-6-15(13)17/h3-10,16-17H,1-2H3. The Bertz CT molecular complexity index is 530. The Hall–Kier alpha value is -1.96. The number of hydrogen-bond donors (Lipinski definition) is 2. The summed E-state index contributed by atoms with van der Waals surface area (Å²) in [5, 5.41) is 19.5. The molecule has 0 aromatic heterocycles. The maximum absolute atomic E-state index is 9.88. The maximum atomic E-state index is 9.88. The van der Waals surface area contributed by atoms with Gasteiger partial charge < -0.3 is 10.2 Å². The fraction of sp³-hybridized carbons (Fsp3) is 0.200. The molecule has 2 aromatic carbocycles. The van der Waals surface area contributed by atoms with Gasteiger partial charge in [-0.15, -0.1) is 0 Å². The van der Waals surface area contributed by atoms with Crippen LogP contribution in [0.4, 0.5) is 0 Å². The Balaban J connectivity index is 2.65. The smallest absolute Gasteiger partial charge is 0.123 e. The van der Waals surface area contributed by atoms with Crippen molar-refractivity contribution in [2.45, 2.75) is 19.8 Å². The number of rotatable bonds is 2. The van der Waals surface area contributed by atoms with Gasteiger partial charge in [-0.1, -0.05) is 38.1 Å². The lowest BCUT2D eigenvalue weighted by Gasteiger charge is -2.14. The van der Waals surface area contributed by atoms with Crippen LogP contribution in [0.2, 0.25) is 0 Å². The summed E-state index contributed by atoms with van der Waals surface area (Å²) in [6.07, 6.45) is 0. The molecule has 2 heteroatoms. The fourth-order valence-corrected chi connectivity index (χ4v) is 1.98. The molecule has 0 atom stereocenters. The molecule has 0 spiro atoms. The third-order valence-electron chi connectivity index (χ3n) is 2.85. The third kappa shape index (κ3) is 2.26. The number of hydrogen-bond acceptors (Lipinski definition) is 2. The summed E-state index contributed by atoms with van der Waals surface area (Å²) in [4.78, 5) is 0. The highest BCUT2D eigenvalue weighted by atomic mass is 16.3. The molecular formula is C15H16O2. The molecule has 0 heterocycles. The van der Waals surface area contributed by atoms with Gasteiger partial charge in [-0.25, -0.2) is 0 Å². The molecule has 0 saturated carbocycles. The van der Waals surface area contributed by atoms with Crippen LogP contribution in [0.15, 0.2) is 42.5 Å². The van der Waals surface area contributed by atoms with Crippen LogP contribution in [0.5, 0.6) is 11.5 Å². The van der Waals surface area contributed by atoms with Crippen LogP contribution < -0.4 is 0 Å². The Morgan fingerprint density at radius 3 is 2.24 bits per heavy atom. The van der Waals surface area contributed by atoms with Crippen LogP contribution in [0.1, 0.15) is 25.3 Å². The second-order valence-corrected chi connectivity index (χ2v) is 4.44. The lowest BCUT2D eigenvalue weighted by Crippen LogP contribution is -1.92. The third-order valence-corrected chi connectivity index (χ3v) is 2.85. The molecule has 0 aliphatic heterocycles. The van der Waals surface area contributed by atoms with E-state index < -0.39 is 0 Å². The van der Waals surface area contributed by atoms with Crippen molar-refractivity contribution in [1.82, 2.24) is 0 Å². The molecule has 0 unspecified atom stereocenters. The molecule has 2 nitrogen and oxygen atoms in total. The molecular weight excluding hydrogens is 212 g/mol. The minimum absolute atomic E-state index is 0.215. The van der Waals surface area contributed by atoms with E-state index in [9.17, 15) is 10.2 Å². The van der Waals surface area contributed by atoms with Crippen LogP contribution in [0.3, 0.4) is 0 Å². The number of benzene rings is 2. The van der Waals surface area contributed by atoms with Crippen molar-refractivity contribution in [1.29, 1.82) is 0 Å². The van der Waals surface area contributed by atoms with Crippen molar-refractivity contribution in [2.24, 2.45) is 0 Å². The molecule has 0 fully saturated rings. The second kappa shape index (κ2) is 4.50. The van der Waals surface area contributed by atoms with E-state index in [0.29, 0.717) is 5.92 Å². The van der Waals surface area contributed by atoms with Crippen molar-refractivity contribution < 1.29 is 10.2 Å². The number of phenolic OH excluding ortho intramolecular Hbond substituents is 2. The predicted molar refractivity (Wildman–Crippen MR) is 69.3 cm³/mol. The zero-order valence-electron chi connectivity index (χ0n) is 10.0. The van der Waals surface area contributed by atoms with E-state index in [0.717, 1.165) is 16.7 Å². The summed E-state index contributed by atoms with van der Waals surface area (Å²) in [6.45, 7) is 4.19. The number of phenols is 2. The van der Waals surface area contributed by atoms with Gasteiger partial charge >= 0.3 is 0 Å². The molecule has 0 radical (unpaired) electrons. The van der Waals surface area contributed by atoms with Crippen molar-refractivity contribution in [3.05, 3.63) is 48.0 Å². The average molecular weight is 228 g/mol. The largest absolute Gasteiger partial charge is 0.508 e. The SMILES string of the molecule is CC(C)c1ccc(O)cc1-c1ccccc1O. The Morgan fingerprint density at radius 1 is 0.882 bits per heavy atom. The maximum Gasteiger partial charge on any atom is 0.123 e. The molecule has 0 amide bonds. The van der Waals surface area contributed by atoms with Gasteiger partial charge in [0.15, 0.2) is 0 Å². The van der Waals surface area contributed by atoms with E-state index in [-0.39, 0.29) is 11.5 Å². The normalized spacial score (nSPS) is 10.8. The number of para-hydroxylation sites is 1. The molecule has 0 saturated heterocycles. The average Bonchev–Trinajstić information content (AvgIpc) is 2.29. The first-order chi connectivity index (χ1) is 8.09. The molecule has 2 N–H and O–H groups in total. The van der Waals surface area contributed by atoms with Crippen LogP contribution in [0, 0.1) is 0 Å². The fourth-order valence-electron chi connectivity index (χ4n) is 1.98. The summed E-state index contributed by atoms with van der Waals surface area (Å²) in [6, 6.07) is 12.5. The highest BCUT2D eigenvalue weighted by molar-refractivity contribution is 5.74. The van der Waals surface area contributed by atoms with Crippen LogP contribution >= 0.6 is 0 Å². The minimum atomic E-state index is 0.215. The van der Waals surface area contributed by atoms with Crippen LogP contribution in [0.25, 0.3) is 11.1 Å². The van der Waals surface area contributed by atoms with E-state index >= 15 is 0 Å². The Kier molecular flexibility index (Phi) is 3.05. The summed E-state index contributed by atoms with van der Waals surface area (Å²) in [5.74, 6) is 0.790. The Labute approximate surface area is 101 Å². The van der Waals surface area contributed by atoms with Gasteiger partial charge in [-0.3, -0.25) is 0 Å². The summed E-state index contributed by atoms with van der Waals surface area (Å²) in [7, 11) is 0. The minimum Gasteiger partial charge on any atom is -0.508 e. The van der Waals surface area contributed by atoms with Gasteiger partial charge in [0.1, 0.15) is 11.5 Å². The molecule has 2 rings (SSSR count). The van der Waals surface area contributed by atoms with E-state index in [1.807, 2.05) is 18.2 Å². The molecule has 0 aliphatic rings. The van der Waals surface area contributed by atoms with E-state index in [1.165, 1.54) is 0 Å². The summed E-state index contributed by atoms with van der Waals surface area (Å²) < 4.78 is 0. The first-order valence-corrected chi connectivity index (χ1v) is 5.71. The first-order valence-electron chi connectivity index (χ1n) is 5.71. The lowest BCUT2D eigenvalue weighted by atomic mass is 9.92. The molecule has 0 bridgehead atoms. The zero-order valence-corrected chi connectivity index (χ0v) is 10.0. The first kappa shape index (κ1) is 11.5. The second-order valence-electron chi connectivity index (χ2n) is 4.44. The zero-order chi connectivity index (χ0) is 12.4. The van der Waals surface area contributed by atoms with Gasteiger partial charge in [0, 0.05) is 5.56 Å². The van der Waals surface area contributed by atoms with Gasteiger partial charge in [0.25, 0.3) is 0 Å². The number of aromatic hydroxyl groups is 2. The van der Waals surface area contributed by atoms with Gasteiger partial charge in [0.05, 0.1) is 0 Å². The van der Waals surface area contributed by atoms with Crippen molar-refractivity contribution >= 4 is 0 Å². The monoisotopic (exact) mass is 228 g/mol. The highest BCUT2D eigenvalue weighted by Crippen LogP contribution is 2.36. The van der Waals surface area contributed by atoms with E-state index in [4.69, 9.17) is 0 Å². The van der Waals surface area contributed by atoms with Crippen molar-refractivity contribution in [3.8, 4) is 22.6 Å². The molecule has 17 heavy (non-hydrogen) atoms. The van der Waals surface area contributed by atoms with Crippen molar-refractivity contribution in [2.75, 3.05) is 0 Å². The summed E-state index contributed by atoms with van der Waals surface area (Å²) in [5.41, 5.74) is 2.76. The van der Waals surface area contributed by atoms with Crippen LogP contribution in [-0.4, -0.2) is 10.2 Å². The van der Waals surface area contributed by atoms with Crippen molar-refractivity contribution in [3.63, 3.8) is 0 Å². The lowest BCUT2D eigenvalue weighted by molar-refractivity contribution is 0.474. The quantitative estimate of drug-likeness (QED) is 0.818. The molecule has 0 aliphatic carbocycles. The highest BCUT2D eigenvalue weighted by Gasteiger charge is 2.12. The van der Waals surface area contributed by atoms with Gasteiger partial charge in [0.2, 0.25) is 0 Å². The summed E-state index contributed by atoms with van der Waals surface area (Å²) >= 11 is 0. The molecule has 2 aromatic rings. The van der Waals surface area contributed by atoms with Gasteiger partial charge in [-0.05, 0) is 35.2 Å². The topological polar surface area (TPSA) is 40.5 Å².